The minimum absolute atomic E-state index is 0.0317. The minimum atomic E-state index is -3.50. The highest BCUT2D eigenvalue weighted by Gasteiger charge is 2.30. The third kappa shape index (κ3) is 3.78. The third-order valence-corrected chi connectivity index (χ3v) is 4.05. The van der Waals surface area contributed by atoms with E-state index in [-0.39, 0.29) is 25.4 Å². The van der Waals surface area contributed by atoms with Gasteiger partial charge in [0.15, 0.2) is 6.61 Å². The molecule has 0 spiro atoms. The summed E-state index contributed by atoms with van der Waals surface area (Å²) in [4.78, 5) is 23.3. The summed E-state index contributed by atoms with van der Waals surface area (Å²) >= 11 is 0. The van der Waals surface area contributed by atoms with E-state index in [1.807, 2.05) is 0 Å². The molecule has 0 saturated carbocycles. The monoisotopic (exact) mass is 298 g/mol. The van der Waals surface area contributed by atoms with Crippen molar-refractivity contribution in [2.45, 2.75) is 5.75 Å². The topological polar surface area (TPSA) is 92.8 Å². The number of benzene rings is 1. The van der Waals surface area contributed by atoms with E-state index >= 15 is 0 Å². The summed E-state index contributed by atoms with van der Waals surface area (Å²) in [5.74, 6) is -0.607. The van der Waals surface area contributed by atoms with E-state index in [0.29, 0.717) is 5.56 Å². The quantitative estimate of drug-likeness (QED) is 0.803. The number of carbonyl (C=O) groups excluding carboxylic acids is 2. The average Bonchev–Trinajstić information content (AvgIpc) is 2.71. The lowest BCUT2D eigenvalue weighted by Crippen LogP contribution is -2.38. The van der Waals surface area contributed by atoms with Crippen LogP contribution in [-0.4, -0.2) is 45.0 Å². The Bertz CT molecular complexity index is 584. The van der Waals surface area contributed by atoms with E-state index in [0.717, 1.165) is 4.90 Å². The van der Waals surface area contributed by atoms with Crippen molar-refractivity contribution in [2.75, 3.05) is 19.7 Å². The molecular weight excluding hydrogens is 284 g/mol. The Morgan fingerprint density at radius 3 is 2.50 bits per heavy atom. The van der Waals surface area contributed by atoms with E-state index in [9.17, 15) is 18.0 Å². The van der Waals surface area contributed by atoms with Crippen molar-refractivity contribution < 1.29 is 22.7 Å². The highest BCUT2D eigenvalue weighted by atomic mass is 32.2. The van der Waals surface area contributed by atoms with Crippen LogP contribution in [0.15, 0.2) is 30.3 Å². The number of nitrogens with one attached hydrogen (secondary N) is 1. The fraction of sp³-hybridized carbons (Fsp3) is 0.333. The summed E-state index contributed by atoms with van der Waals surface area (Å²) in [6.45, 7) is -0.350. The molecule has 1 heterocycles. The fourth-order valence-electron chi connectivity index (χ4n) is 1.75. The van der Waals surface area contributed by atoms with E-state index in [2.05, 4.69) is 9.46 Å². The molecule has 0 bridgehead atoms. The van der Waals surface area contributed by atoms with Crippen LogP contribution in [0.2, 0.25) is 0 Å². The first-order valence-electron chi connectivity index (χ1n) is 5.96. The number of cyclic esters (lactones) is 1. The number of hydrogen-bond acceptors (Lipinski definition) is 5. The maximum Gasteiger partial charge on any atom is 0.417 e. The lowest BCUT2D eigenvalue weighted by atomic mass is 10.2. The first-order valence-corrected chi connectivity index (χ1v) is 7.61. The van der Waals surface area contributed by atoms with Crippen LogP contribution in [0.4, 0.5) is 4.79 Å². The third-order valence-electron chi connectivity index (χ3n) is 2.70. The predicted octanol–water partition coefficient (Wildman–Crippen LogP) is 0.0848. The number of hydrogen-bond donors (Lipinski definition) is 1. The standard InChI is InChI=1S/C12H14N2O5S/c15-11-8-19-12(16)14(11)7-6-13-20(17,18)9-10-4-2-1-3-5-10/h1-5,13H,6-9H2. The molecule has 0 atom stereocenters. The van der Waals surface area contributed by atoms with Gasteiger partial charge in [0.1, 0.15) is 0 Å². The molecule has 1 fully saturated rings. The molecule has 0 aliphatic carbocycles. The maximum absolute atomic E-state index is 11.8. The summed E-state index contributed by atoms with van der Waals surface area (Å²) in [5.41, 5.74) is 0.664. The Labute approximate surface area is 116 Å². The molecule has 1 saturated heterocycles. The predicted molar refractivity (Wildman–Crippen MR) is 70.1 cm³/mol. The zero-order chi connectivity index (χ0) is 14.6. The molecule has 2 amide bonds. The van der Waals surface area contributed by atoms with Crippen LogP contribution in [0.25, 0.3) is 0 Å². The normalized spacial score (nSPS) is 15.5. The van der Waals surface area contributed by atoms with Crippen LogP contribution in [0.1, 0.15) is 5.56 Å². The van der Waals surface area contributed by atoms with Crippen LogP contribution in [0.3, 0.4) is 0 Å². The maximum atomic E-state index is 11.8. The molecule has 2 rings (SSSR count). The highest BCUT2D eigenvalue weighted by molar-refractivity contribution is 7.88. The van der Waals surface area contributed by atoms with Gasteiger partial charge in [-0.2, -0.15) is 0 Å². The average molecular weight is 298 g/mol. The highest BCUT2D eigenvalue weighted by Crippen LogP contribution is 2.05. The molecular formula is C12H14N2O5S. The fourth-order valence-corrected chi connectivity index (χ4v) is 2.89. The van der Waals surface area contributed by atoms with E-state index in [4.69, 9.17) is 0 Å². The molecule has 0 unspecified atom stereocenters. The van der Waals surface area contributed by atoms with E-state index < -0.39 is 22.0 Å². The molecule has 20 heavy (non-hydrogen) atoms. The molecule has 1 aliphatic heterocycles. The van der Waals surface area contributed by atoms with E-state index in [1.165, 1.54) is 0 Å². The van der Waals surface area contributed by atoms with Crippen LogP contribution in [0.5, 0.6) is 0 Å². The van der Waals surface area contributed by atoms with Gasteiger partial charge < -0.3 is 4.74 Å². The van der Waals surface area contributed by atoms with Crippen molar-refractivity contribution in [3.8, 4) is 0 Å². The van der Waals surface area contributed by atoms with Gasteiger partial charge in [0.2, 0.25) is 10.0 Å². The van der Waals surface area contributed by atoms with Gasteiger partial charge in [-0.25, -0.2) is 22.8 Å². The van der Waals surface area contributed by atoms with Crippen molar-refractivity contribution in [3.63, 3.8) is 0 Å². The molecule has 1 aliphatic rings. The number of sulfonamides is 1. The lowest BCUT2D eigenvalue weighted by molar-refractivity contribution is -0.125. The van der Waals surface area contributed by atoms with Gasteiger partial charge in [0.25, 0.3) is 5.91 Å². The van der Waals surface area contributed by atoms with Crippen molar-refractivity contribution in [1.29, 1.82) is 0 Å². The summed E-state index contributed by atoms with van der Waals surface area (Å²) < 4.78 is 30.5. The first kappa shape index (κ1) is 14.5. The molecule has 1 aromatic rings. The Morgan fingerprint density at radius 1 is 1.20 bits per heavy atom. The van der Waals surface area contributed by atoms with Gasteiger partial charge in [-0.05, 0) is 5.56 Å². The van der Waals surface area contributed by atoms with Crippen molar-refractivity contribution in [2.24, 2.45) is 0 Å². The van der Waals surface area contributed by atoms with Crippen molar-refractivity contribution >= 4 is 22.0 Å². The molecule has 1 aromatic carbocycles. The number of nitrogens with zero attached hydrogens (tertiary/aromatic N) is 1. The summed E-state index contributed by atoms with van der Waals surface area (Å²) in [6.07, 6.45) is -0.739. The number of carbonyl (C=O) groups is 2. The Balaban J connectivity index is 1.84. The number of rotatable bonds is 6. The van der Waals surface area contributed by atoms with Crippen LogP contribution >= 0.6 is 0 Å². The SMILES string of the molecule is O=C1COC(=O)N1CCNS(=O)(=O)Cc1ccccc1. The van der Waals surface area contributed by atoms with Crippen LogP contribution in [-0.2, 0) is 25.3 Å². The van der Waals surface area contributed by atoms with Gasteiger partial charge in [0, 0.05) is 13.1 Å². The summed E-state index contributed by atoms with van der Waals surface area (Å²) in [7, 11) is -3.50. The van der Waals surface area contributed by atoms with Gasteiger partial charge >= 0.3 is 6.09 Å². The van der Waals surface area contributed by atoms with Crippen molar-refractivity contribution in [1.82, 2.24) is 9.62 Å². The smallest absolute Gasteiger partial charge is 0.417 e. The van der Waals surface area contributed by atoms with Gasteiger partial charge in [-0.15, -0.1) is 0 Å². The summed E-state index contributed by atoms with van der Waals surface area (Å²) in [6, 6.07) is 8.73. The lowest BCUT2D eigenvalue weighted by Gasteiger charge is -2.11. The molecule has 8 heteroatoms. The second kappa shape index (κ2) is 6.02. The second-order valence-electron chi connectivity index (χ2n) is 4.24. The van der Waals surface area contributed by atoms with Crippen molar-refractivity contribution in [3.05, 3.63) is 35.9 Å². The van der Waals surface area contributed by atoms with Crippen LogP contribution in [0, 0.1) is 0 Å². The van der Waals surface area contributed by atoms with Crippen LogP contribution < -0.4 is 4.72 Å². The second-order valence-corrected chi connectivity index (χ2v) is 6.05. The zero-order valence-electron chi connectivity index (χ0n) is 10.6. The van der Waals surface area contributed by atoms with E-state index in [1.54, 1.807) is 30.3 Å². The molecule has 0 aromatic heterocycles. The zero-order valence-corrected chi connectivity index (χ0v) is 11.4. The Hall–Kier alpha value is -1.93. The largest absolute Gasteiger partial charge is 0.439 e. The minimum Gasteiger partial charge on any atom is -0.439 e. The number of amides is 2. The number of imide groups is 1. The molecule has 0 radical (unpaired) electrons. The summed E-state index contributed by atoms with van der Waals surface area (Å²) in [5, 5.41) is 0. The van der Waals surface area contributed by atoms with Gasteiger partial charge in [-0.3, -0.25) is 4.79 Å². The Kier molecular flexibility index (Phi) is 4.35. The Morgan fingerprint density at radius 2 is 1.90 bits per heavy atom. The molecule has 108 valence electrons. The van der Waals surface area contributed by atoms with Gasteiger partial charge in [-0.1, -0.05) is 30.3 Å². The van der Waals surface area contributed by atoms with Gasteiger partial charge in [0.05, 0.1) is 5.75 Å². The first-order chi connectivity index (χ1) is 9.48. The number of ether oxygens (including phenoxy) is 1. The molecule has 7 nitrogen and oxygen atoms in total. The molecule has 1 N–H and O–H groups in total.